The number of benzene rings is 1. The first-order valence-corrected chi connectivity index (χ1v) is 5.68. The average molecular weight is 238 g/mol. The van der Waals surface area contributed by atoms with Crippen molar-refractivity contribution in [2.75, 3.05) is 11.9 Å². The third kappa shape index (κ3) is 4.03. The van der Waals surface area contributed by atoms with Crippen LogP contribution in [0.3, 0.4) is 0 Å². The minimum Gasteiger partial charge on any atom is -0.393 e. The minimum absolute atomic E-state index is 0.129. The molecule has 0 radical (unpaired) electrons. The van der Waals surface area contributed by atoms with Gasteiger partial charge in [-0.25, -0.2) is 0 Å². The van der Waals surface area contributed by atoms with E-state index in [2.05, 4.69) is 5.32 Å². The Bertz CT molecular complexity index is 391. The number of aliphatic hydroxyl groups is 1. The van der Waals surface area contributed by atoms with Crippen LogP contribution in [-0.2, 0) is 0 Å². The van der Waals surface area contributed by atoms with Crippen molar-refractivity contribution in [1.29, 1.82) is 0 Å². The first kappa shape index (κ1) is 13.4. The Labute approximate surface area is 101 Å². The summed E-state index contributed by atoms with van der Waals surface area (Å²) in [5.41, 5.74) is 1.32. The van der Waals surface area contributed by atoms with Gasteiger partial charge in [-0.05, 0) is 32.8 Å². The number of hydrogen-bond acceptors (Lipinski definition) is 4. The zero-order valence-electron chi connectivity index (χ0n) is 10.1. The van der Waals surface area contributed by atoms with Crippen molar-refractivity contribution < 1.29 is 10.0 Å². The second-order valence-corrected chi connectivity index (χ2v) is 4.15. The molecule has 0 amide bonds. The molecule has 0 aliphatic heterocycles. The predicted octanol–water partition coefficient (Wildman–Crippen LogP) is 2.48. The third-order valence-electron chi connectivity index (χ3n) is 2.53. The zero-order chi connectivity index (χ0) is 12.8. The van der Waals surface area contributed by atoms with E-state index in [1.807, 2.05) is 0 Å². The highest BCUT2D eigenvalue weighted by Crippen LogP contribution is 2.27. The molecule has 1 aromatic rings. The summed E-state index contributed by atoms with van der Waals surface area (Å²) < 4.78 is 0. The fourth-order valence-electron chi connectivity index (χ4n) is 1.66. The molecule has 1 rings (SSSR count). The molecule has 5 nitrogen and oxygen atoms in total. The number of aliphatic hydroxyl groups excluding tert-OH is 1. The van der Waals surface area contributed by atoms with Gasteiger partial charge in [-0.3, -0.25) is 10.1 Å². The van der Waals surface area contributed by atoms with Crippen LogP contribution in [0.1, 0.15) is 25.3 Å². The van der Waals surface area contributed by atoms with Crippen molar-refractivity contribution in [3.63, 3.8) is 0 Å². The Kier molecular flexibility index (Phi) is 4.90. The highest BCUT2D eigenvalue weighted by Gasteiger charge is 2.15. The van der Waals surface area contributed by atoms with E-state index in [1.54, 1.807) is 32.0 Å². The summed E-state index contributed by atoms with van der Waals surface area (Å²) in [6.07, 6.45) is 1.14. The first-order valence-electron chi connectivity index (χ1n) is 5.68. The Morgan fingerprint density at radius 3 is 2.82 bits per heavy atom. The van der Waals surface area contributed by atoms with Crippen molar-refractivity contribution >= 4 is 11.4 Å². The molecule has 0 aromatic heterocycles. The summed E-state index contributed by atoms with van der Waals surface area (Å²) in [5.74, 6) is 0. The average Bonchev–Trinajstić information content (AvgIpc) is 2.23. The highest BCUT2D eigenvalue weighted by molar-refractivity contribution is 5.64. The number of nitro benzene ring substituents is 1. The van der Waals surface area contributed by atoms with E-state index < -0.39 is 0 Å². The van der Waals surface area contributed by atoms with Gasteiger partial charge < -0.3 is 10.4 Å². The maximum absolute atomic E-state index is 10.9. The fraction of sp³-hybridized carbons (Fsp3) is 0.500. The standard InChI is InChI=1S/C12H18N2O3/c1-9-5-3-7-11(12(9)14(16)17)13-8-4-6-10(2)15/h3,5,7,10,13,15H,4,6,8H2,1-2H3. The van der Waals surface area contributed by atoms with E-state index >= 15 is 0 Å². The number of nitrogens with one attached hydrogen (secondary N) is 1. The normalized spacial score (nSPS) is 12.2. The fourth-order valence-corrected chi connectivity index (χ4v) is 1.66. The second kappa shape index (κ2) is 6.20. The van der Waals surface area contributed by atoms with Crippen LogP contribution in [0, 0.1) is 17.0 Å². The summed E-state index contributed by atoms with van der Waals surface area (Å²) in [7, 11) is 0. The van der Waals surface area contributed by atoms with Crippen molar-refractivity contribution in [1.82, 2.24) is 0 Å². The summed E-state index contributed by atoms with van der Waals surface area (Å²) in [4.78, 5) is 10.5. The van der Waals surface area contributed by atoms with E-state index in [1.165, 1.54) is 0 Å². The summed E-state index contributed by atoms with van der Waals surface area (Å²) >= 11 is 0. The van der Waals surface area contributed by atoms with Gasteiger partial charge in [0.05, 0.1) is 11.0 Å². The van der Waals surface area contributed by atoms with Gasteiger partial charge >= 0.3 is 0 Å². The molecule has 0 heterocycles. The molecule has 0 aliphatic carbocycles. The number of anilines is 1. The van der Waals surface area contributed by atoms with Crippen LogP contribution in [0.2, 0.25) is 0 Å². The molecular formula is C12H18N2O3. The molecule has 0 saturated carbocycles. The maximum atomic E-state index is 10.9. The van der Waals surface area contributed by atoms with Gasteiger partial charge in [0.2, 0.25) is 0 Å². The van der Waals surface area contributed by atoms with Crippen LogP contribution in [0.5, 0.6) is 0 Å². The van der Waals surface area contributed by atoms with Crippen molar-refractivity contribution in [2.24, 2.45) is 0 Å². The Balaban J connectivity index is 2.64. The van der Waals surface area contributed by atoms with E-state index in [9.17, 15) is 10.1 Å². The molecule has 1 aromatic carbocycles. The Morgan fingerprint density at radius 1 is 1.53 bits per heavy atom. The molecule has 1 atom stereocenters. The molecule has 0 saturated heterocycles. The first-order chi connectivity index (χ1) is 8.02. The van der Waals surface area contributed by atoms with E-state index in [0.717, 1.165) is 6.42 Å². The van der Waals surface area contributed by atoms with Gasteiger partial charge in [0.25, 0.3) is 5.69 Å². The zero-order valence-corrected chi connectivity index (χ0v) is 10.1. The lowest BCUT2D eigenvalue weighted by atomic mass is 10.1. The van der Waals surface area contributed by atoms with E-state index in [-0.39, 0.29) is 16.7 Å². The molecule has 0 bridgehead atoms. The minimum atomic E-state index is -0.369. The summed E-state index contributed by atoms with van der Waals surface area (Å²) in [5, 5.41) is 23.0. The second-order valence-electron chi connectivity index (χ2n) is 4.15. The molecule has 0 aliphatic rings. The van der Waals surface area contributed by atoms with Crippen LogP contribution < -0.4 is 5.32 Å². The van der Waals surface area contributed by atoms with Gasteiger partial charge in [-0.1, -0.05) is 12.1 Å². The van der Waals surface area contributed by atoms with Gasteiger partial charge in [-0.15, -0.1) is 0 Å². The smallest absolute Gasteiger partial charge is 0.295 e. The SMILES string of the molecule is Cc1cccc(NCCCC(C)O)c1[N+](=O)[O-]. The predicted molar refractivity (Wildman–Crippen MR) is 67.2 cm³/mol. The van der Waals surface area contributed by atoms with Gasteiger partial charge in [0.1, 0.15) is 5.69 Å². The lowest BCUT2D eigenvalue weighted by molar-refractivity contribution is -0.384. The number of aryl methyl sites for hydroxylation is 1. The van der Waals surface area contributed by atoms with Crippen LogP contribution in [0.15, 0.2) is 18.2 Å². The number of hydrogen-bond donors (Lipinski definition) is 2. The Hall–Kier alpha value is -1.62. The molecule has 94 valence electrons. The van der Waals surface area contributed by atoms with Crippen molar-refractivity contribution in [3.05, 3.63) is 33.9 Å². The van der Waals surface area contributed by atoms with Crippen LogP contribution in [-0.4, -0.2) is 22.7 Å². The topological polar surface area (TPSA) is 75.4 Å². The van der Waals surface area contributed by atoms with Crippen LogP contribution >= 0.6 is 0 Å². The lowest BCUT2D eigenvalue weighted by Crippen LogP contribution is -2.08. The highest BCUT2D eigenvalue weighted by atomic mass is 16.6. The molecule has 0 fully saturated rings. The summed E-state index contributed by atoms with van der Waals surface area (Å²) in [6, 6.07) is 5.21. The van der Waals surface area contributed by atoms with Crippen molar-refractivity contribution in [3.8, 4) is 0 Å². The Morgan fingerprint density at radius 2 is 2.24 bits per heavy atom. The van der Waals surface area contributed by atoms with Crippen molar-refractivity contribution in [2.45, 2.75) is 32.8 Å². The molecule has 0 spiro atoms. The monoisotopic (exact) mass is 238 g/mol. The van der Waals surface area contributed by atoms with Gasteiger partial charge in [0, 0.05) is 12.1 Å². The molecule has 5 heteroatoms. The number of rotatable bonds is 6. The molecule has 1 unspecified atom stereocenters. The third-order valence-corrected chi connectivity index (χ3v) is 2.53. The molecule has 2 N–H and O–H groups in total. The number of nitrogens with zero attached hydrogens (tertiary/aromatic N) is 1. The van der Waals surface area contributed by atoms with Crippen LogP contribution in [0.25, 0.3) is 0 Å². The molecule has 17 heavy (non-hydrogen) atoms. The van der Waals surface area contributed by atoms with Crippen LogP contribution in [0.4, 0.5) is 11.4 Å². The van der Waals surface area contributed by atoms with Gasteiger partial charge in [-0.2, -0.15) is 0 Å². The lowest BCUT2D eigenvalue weighted by Gasteiger charge is -2.09. The van der Waals surface area contributed by atoms with E-state index in [0.29, 0.717) is 24.2 Å². The van der Waals surface area contributed by atoms with Gasteiger partial charge in [0.15, 0.2) is 0 Å². The maximum Gasteiger partial charge on any atom is 0.295 e. The largest absolute Gasteiger partial charge is 0.393 e. The number of para-hydroxylation sites is 1. The number of nitro groups is 1. The van der Waals surface area contributed by atoms with E-state index in [4.69, 9.17) is 5.11 Å². The quantitative estimate of drug-likeness (QED) is 0.453. The summed E-state index contributed by atoms with van der Waals surface area (Å²) in [6.45, 7) is 4.07. The molecular weight excluding hydrogens is 220 g/mol.